The maximum atomic E-state index is 12.8. The molecule has 63 heavy (non-hydrogen) atoms. The first-order valence-electron chi connectivity index (χ1n) is 16.2. The fraction of sp³-hybridized carbons (Fsp3) is 0.0312. The minimum atomic E-state index is -5.34. The Bertz CT molecular complexity index is 3200. The summed E-state index contributed by atoms with van der Waals surface area (Å²) in [6, 6.07) is 13.0. The molecule has 5 aromatic carbocycles. The molecular formula is C32H24N10O16S5-2. The van der Waals surface area contributed by atoms with E-state index in [1.165, 1.54) is 24.3 Å². The number of methoxy groups -OCH3 is 1. The number of rotatable bonds is 15. The van der Waals surface area contributed by atoms with Gasteiger partial charge in [-0.3, -0.25) is 22.1 Å². The highest BCUT2D eigenvalue weighted by atomic mass is 32.2. The number of ether oxygens (including phenoxy) is 1. The van der Waals surface area contributed by atoms with Crippen LogP contribution in [0.4, 0.5) is 56.9 Å². The van der Waals surface area contributed by atoms with E-state index in [-0.39, 0.29) is 10.6 Å². The number of carboxylic acid groups (broad SMARTS) is 1. The van der Waals surface area contributed by atoms with Crippen LogP contribution in [-0.2, 0) is 52.5 Å². The number of aromatic carboxylic acids is 1. The van der Waals surface area contributed by atoms with Crippen LogP contribution in [-0.4, -0.2) is 74.6 Å². The molecule has 5 rings (SSSR count). The average Bonchev–Trinajstić information content (AvgIpc) is 3.20. The van der Waals surface area contributed by atoms with Crippen LogP contribution in [0.1, 0.15) is 10.4 Å². The summed E-state index contributed by atoms with van der Waals surface area (Å²) >= 11 is -5.56. The first-order valence-corrected chi connectivity index (χ1v) is 22.7. The van der Waals surface area contributed by atoms with Crippen molar-refractivity contribution < 1.29 is 71.1 Å². The Hall–Kier alpha value is -6.68. The molecule has 0 heterocycles. The Morgan fingerprint density at radius 3 is 1.57 bits per heavy atom. The van der Waals surface area contributed by atoms with Gasteiger partial charge in [0, 0.05) is 15.9 Å². The highest BCUT2D eigenvalue weighted by Gasteiger charge is 2.28. The number of nitrogens with two attached hydrogens (primary N) is 2. The van der Waals surface area contributed by atoms with Gasteiger partial charge in [0.05, 0.1) is 24.2 Å². The summed E-state index contributed by atoms with van der Waals surface area (Å²) in [4.78, 5) is 9.29. The van der Waals surface area contributed by atoms with Gasteiger partial charge in [0.15, 0.2) is 0 Å². The van der Waals surface area contributed by atoms with Crippen molar-refractivity contribution in [2.24, 2.45) is 40.9 Å². The summed E-state index contributed by atoms with van der Waals surface area (Å²) < 4.78 is 153. The smallest absolute Gasteiger partial charge is 0.340 e. The van der Waals surface area contributed by atoms with Gasteiger partial charge in [-0.15, -0.1) is 35.8 Å². The van der Waals surface area contributed by atoms with E-state index in [0.29, 0.717) is 12.1 Å². The Balaban J connectivity index is 1.74. The second-order valence-corrected chi connectivity index (χ2v) is 17.9. The van der Waals surface area contributed by atoms with E-state index in [9.17, 15) is 66.3 Å². The summed E-state index contributed by atoms with van der Waals surface area (Å²) in [7, 11) is -14.3. The Labute approximate surface area is 359 Å². The fourth-order valence-corrected chi connectivity index (χ4v) is 7.75. The number of azo groups is 4. The van der Waals surface area contributed by atoms with Crippen LogP contribution < -0.4 is 16.2 Å². The molecule has 0 aromatic heterocycles. The second kappa shape index (κ2) is 18.7. The van der Waals surface area contributed by atoms with Gasteiger partial charge < -0.3 is 30.4 Å². The third-order valence-electron chi connectivity index (χ3n) is 7.87. The lowest BCUT2D eigenvalue weighted by Crippen LogP contribution is -2.04. The number of hydrogen-bond acceptors (Lipinski definition) is 22. The van der Waals surface area contributed by atoms with Crippen LogP contribution in [0.25, 0.3) is 0 Å². The molecule has 0 saturated carbocycles. The van der Waals surface area contributed by atoms with E-state index < -0.39 is 141 Å². The number of anilines is 2. The molecule has 2 atom stereocenters. The van der Waals surface area contributed by atoms with Crippen molar-refractivity contribution in [3.05, 3.63) is 84.4 Å². The van der Waals surface area contributed by atoms with Gasteiger partial charge >= 0.3 is 5.97 Å². The van der Waals surface area contributed by atoms with E-state index in [2.05, 4.69) is 40.9 Å². The van der Waals surface area contributed by atoms with Crippen molar-refractivity contribution in [1.29, 1.82) is 0 Å². The number of benzene rings is 5. The summed E-state index contributed by atoms with van der Waals surface area (Å²) in [6.45, 7) is 0. The second-order valence-electron chi connectivity index (χ2n) is 11.8. The van der Waals surface area contributed by atoms with Crippen LogP contribution in [0.5, 0.6) is 5.75 Å². The average molecular weight is 965 g/mol. The minimum Gasteiger partial charge on any atom is -0.768 e. The van der Waals surface area contributed by atoms with Gasteiger partial charge in [-0.25, -0.2) is 4.79 Å². The third kappa shape index (κ3) is 11.0. The molecule has 0 aliphatic rings. The molecule has 5 aromatic rings. The van der Waals surface area contributed by atoms with Crippen molar-refractivity contribution in [2.45, 2.75) is 24.5 Å². The first-order chi connectivity index (χ1) is 29.4. The predicted molar refractivity (Wildman–Crippen MR) is 215 cm³/mol. The molecule has 2 unspecified atom stereocenters. The van der Waals surface area contributed by atoms with Gasteiger partial charge in [-0.1, -0.05) is 12.1 Å². The van der Waals surface area contributed by atoms with E-state index >= 15 is 0 Å². The SMILES string of the molecule is COc1cc(N=Nc2c(N)c(N=Nc3ccccc3S(=O)(=O)O)c(N)c(N=Nc3ccc(S(=O)[O-])cc3)c2C(=O)O)c(S(=O)(=O)O)cc1N=Nc1ccc(S(=O)[O-])cc1S(=O)(=O)O. The fourth-order valence-electron chi connectivity index (χ4n) is 5.03. The summed E-state index contributed by atoms with van der Waals surface area (Å²) in [6.07, 6.45) is 0. The van der Waals surface area contributed by atoms with Crippen LogP contribution in [0.15, 0.2) is 144 Å². The predicted octanol–water partition coefficient (Wildman–Crippen LogP) is 6.44. The first kappa shape index (κ1) is 47.4. The van der Waals surface area contributed by atoms with Gasteiger partial charge in [-0.05, 0) is 82.8 Å². The number of hydrogen-bond donors (Lipinski definition) is 6. The van der Waals surface area contributed by atoms with Crippen molar-refractivity contribution in [2.75, 3.05) is 18.6 Å². The largest absolute Gasteiger partial charge is 0.768 e. The van der Waals surface area contributed by atoms with E-state index in [4.69, 9.17) is 16.2 Å². The van der Waals surface area contributed by atoms with Gasteiger partial charge in [0.1, 0.15) is 65.8 Å². The molecule has 8 N–H and O–H groups in total. The lowest BCUT2D eigenvalue weighted by atomic mass is 10.1. The topological polar surface area (TPSA) is 441 Å². The molecule has 0 saturated heterocycles. The number of carbonyl (C=O) groups is 1. The summed E-state index contributed by atoms with van der Waals surface area (Å²) in [5, 5.41) is 40.8. The molecule has 330 valence electrons. The molecule has 31 heteroatoms. The van der Waals surface area contributed by atoms with E-state index in [1.807, 2.05) is 0 Å². The Kier molecular flexibility index (Phi) is 14.1. The number of nitrogens with zero attached hydrogens (tertiary/aromatic N) is 8. The Morgan fingerprint density at radius 2 is 1.03 bits per heavy atom. The van der Waals surface area contributed by atoms with Crippen LogP contribution in [0, 0.1) is 0 Å². The summed E-state index contributed by atoms with van der Waals surface area (Å²) in [5.74, 6) is -2.27. The highest BCUT2D eigenvalue weighted by Crippen LogP contribution is 2.50. The van der Waals surface area contributed by atoms with Gasteiger partial charge in [0.2, 0.25) is 0 Å². The zero-order chi connectivity index (χ0) is 46.6. The quantitative estimate of drug-likeness (QED) is 0.0284. The van der Waals surface area contributed by atoms with E-state index in [1.54, 1.807) is 0 Å². The highest BCUT2D eigenvalue weighted by molar-refractivity contribution is 7.86. The Morgan fingerprint density at radius 1 is 0.571 bits per heavy atom. The van der Waals surface area contributed by atoms with Crippen molar-refractivity contribution in [3.63, 3.8) is 0 Å². The molecular weight excluding hydrogens is 941 g/mol. The molecule has 0 fully saturated rings. The number of carboxylic acids is 1. The van der Waals surface area contributed by atoms with E-state index in [0.717, 1.165) is 49.6 Å². The van der Waals surface area contributed by atoms with Crippen molar-refractivity contribution in [1.82, 2.24) is 0 Å². The zero-order valence-corrected chi connectivity index (χ0v) is 35.0. The molecule has 0 amide bonds. The maximum absolute atomic E-state index is 12.8. The monoisotopic (exact) mass is 964 g/mol. The molecule has 26 nitrogen and oxygen atoms in total. The van der Waals surface area contributed by atoms with Crippen LogP contribution >= 0.6 is 0 Å². The maximum Gasteiger partial charge on any atom is 0.340 e. The molecule has 0 aliphatic heterocycles. The van der Waals surface area contributed by atoms with Crippen LogP contribution in [0.2, 0.25) is 0 Å². The van der Waals surface area contributed by atoms with Crippen molar-refractivity contribution >= 4 is 115 Å². The molecule has 0 radical (unpaired) electrons. The minimum absolute atomic E-state index is 0.0440. The molecule has 0 spiro atoms. The normalized spacial score (nSPS) is 13.6. The lowest BCUT2D eigenvalue weighted by molar-refractivity contribution is 0.0698. The van der Waals surface area contributed by atoms with Crippen molar-refractivity contribution in [3.8, 4) is 5.75 Å². The summed E-state index contributed by atoms with van der Waals surface area (Å²) in [5.41, 5.74) is 5.44. The van der Waals surface area contributed by atoms with Gasteiger partial charge in [-0.2, -0.15) is 30.4 Å². The van der Waals surface area contributed by atoms with Gasteiger partial charge in [0.25, 0.3) is 30.4 Å². The standard InChI is InChI=1S/C32H26N10O16S5/c1-58-22-13-21(25(63(55,56)57)14-20(22)38-36-19-11-10-17(60(47)48)12-24(19)62(52,53)54)39-41-30-26(32(43)44)29(40-35-15-6-8-16(9-7-15)59(45)46)27(33)31(28(30)34)42-37-18-4-2-3-5-23(18)61(49,50)51/h2-14H,33-34H2,1H3,(H,43,44)(H,45,46)(H,47,48)(H,49,50,51)(H,52,53,54)(H,55,56,57)/p-2. The lowest BCUT2D eigenvalue weighted by Gasteiger charge is -2.14. The zero-order valence-electron chi connectivity index (χ0n) is 31.0. The third-order valence-corrected chi connectivity index (χ3v) is 11.8. The number of nitrogen functional groups attached to an aromatic ring is 2. The van der Waals surface area contributed by atoms with Crippen LogP contribution in [0.3, 0.4) is 0 Å². The molecule has 0 aliphatic carbocycles. The molecule has 0 bridgehead atoms.